The van der Waals surface area contributed by atoms with Crippen LogP contribution in [0, 0.1) is 35.3 Å². The van der Waals surface area contributed by atoms with Crippen molar-refractivity contribution in [2.45, 2.75) is 68.6 Å². The molecule has 0 aliphatic carbocycles. The number of ether oxygens (including phenoxy) is 1. The van der Waals surface area contributed by atoms with Crippen molar-refractivity contribution in [1.82, 2.24) is 34.5 Å². The van der Waals surface area contributed by atoms with Crippen LogP contribution in [0.3, 0.4) is 0 Å². The smallest absolute Gasteiger partial charge is 0.229 e. The molecule has 12 nitrogen and oxygen atoms in total. The van der Waals surface area contributed by atoms with E-state index < -0.39 is 11.6 Å². The average Bonchev–Trinajstić information content (AvgIpc) is 3.58. The number of nitrogens with zero attached hydrogens (tertiary/aromatic N) is 9. The highest BCUT2D eigenvalue weighted by Crippen LogP contribution is 2.42. The van der Waals surface area contributed by atoms with Gasteiger partial charge < -0.3 is 25.3 Å². The van der Waals surface area contributed by atoms with Gasteiger partial charge in [0.05, 0.1) is 41.7 Å². The molecule has 4 aromatic heterocycles. The first-order valence-corrected chi connectivity index (χ1v) is 16.9. The van der Waals surface area contributed by atoms with Crippen LogP contribution in [0.15, 0.2) is 52.8 Å². The number of pyridine rings is 1. The van der Waals surface area contributed by atoms with Crippen LogP contribution in [0.25, 0.3) is 22.3 Å². The lowest BCUT2D eigenvalue weighted by atomic mass is 9.73. The number of nitrogens with two attached hydrogens (primary N) is 1. The fourth-order valence-corrected chi connectivity index (χ4v) is 7.53. The fraction of sp³-hybridized carbons (Fsp3) is 0.382. The average molecular weight is 684 g/mol. The number of rotatable bonds is 7. The molecule has 0 radical (unpaired) electrons. The van der Waals surface area contributed by atoms with Crippen LogP contribution in [0.4, 0.5) is 26.4 Å². The lowest BCUT2D eigenvalue weighted by Gasteiger charge is -2.41. The Morgan fingerprint density at radius 2 is 1.86 bits per heavy atom. The summed E-state index contributed by atoms with van der Waals surface area (Å²) in [4.78, 5) is 29.2. The molecule has 3 N–H and O–H groups in total. The van der Waals surface area contributed by atoms with Gasteiger partial charge in [-0.25, -0.2) is 38.7 Å². The van der Waals surface area contributed by atoms with Crippen molar-refractivity contribution in [2.75, 3.05) is 29.9 Å². The zero-order valence-electron chi connectivity index (χ0n) is 27.5. The number of aromatic nitrogens is 7. The van der Waals surface area contributed by atoms with Gasteiger partial charge in [-0.1, -0.05) is 11.8 Å². The lowest BCUT2D eigenvalue weighted by Crippen LogP contribution is -2.50. The van der Waals surface area contributed by atoms with E-state index in [-0.39, 0.29) is 57.8 Å². The largest absolute Gasteiger partial charge is 0.376 e. The van der Waals surface area contributed by atoms with Gasteiger partial charge in [0.15, 0.2) is 17.3 Å². The number of piperidine rings is 1. The van der Waals surface area contributed by atoms with Gasteiger partial charge in [0, 0.05) is 36.2 Å². The van der Waals surface area contributed by atoms with Crippen LogP contribution in [0.2, 0.25) is 0 Å². The van der Waals surface area contributed by atoms with Crippen molar-refractivity contribution in [1.29, 1.82) is 5.26 Å². The quantitative estimate of drug-likeness (QED) is 0.208. The third-order valence-corrected chi connectivity index (χ3v) is 10.4. The second-order valence-corrected chi connectivity index (χ2v) is 13.9. The molecule has 0 amide bonds. The standard InChI is InChI=1S/C34H35F2N11OS/c1-18(2)47-20(4)42-31-22(35)11-21(12-25(31)47)30-23(36)14-41-33(45-30)44-27-6-5-26(24(13-37)43-27)49-29-16-39-28(15-40-29)46-9-7-34(8-10-46)17-48-19(3)32(34)38/h5-6,11-12,14-16,18-19,32H,7-10,17,38H2,1-4H3,(H,41,43,44,45)/t19-,32+/m0/s1. The van der Waals surface area contributed by atoms with E-state index in [0.29, 0.717) is 27.9 Å². The van der Waals surface area contributed by atoms with Crippen molar-refractivity contribution in [3.05, 3.63) is 66.0 Å². The molecule has 1 aromatic carbocycles. The monoisotopic (exact) mass is 683 g/mol. The van der Waals surface area contributed by atoms with Gasteiger partial charge in [-0.3, -0.25) is 0 Å². The summed E-state index contributed by atoms with van der Waals surface area (Å²) in [5, 5.41) is 13.4. The first-order valence-electron chi connectivity index (χ1n) is 16.1. The maximum Gasteiger partial charge on any atom is 0.229 e. The minimum Gasteiger partial charge on any atom is -0.376 e. The summed E-state index contributed by atoms with van der Waals surface area (Å²) in [5.74, 6) is 0.466. The first-order chi connectivity index (χ1) is 23.5. The number of nitrogens with one attached hydrogen (secondary N) is 1. The molecule has 2 aliphatic rings. The number of hydrogen-bond acceptors (Lipinski definition) is 12. The molecule has 0 saturated carbocycles. The predicted octanol–water partition coefficient (Wildman–Crippen LogP) is 5.94. The van der Waals surface area contributed by atoms with Crippen LogP contribution in [0.5, 0.6) is 0 Å². The van der Waals surface area contributed by atoms with E-state index >= 15 is 8.78 Å². The molecule has 2 saturated heterocycles. The van der Waals surface area contributed by atoms with Gasteiger partial charge in [0.2, 0.25) is 5.95 Å². The molecule has 252 valence electrons. The Morgan fingerprint density at radius 3 is 2.53 bits per heavy atom. The van der Waals surface area contributed by atoms with Crippen LogP contribution >= 0.6 is 11.8 Å². The number of fused-ring (bicyclic) bond motifs is 1. The molecule has 2 fully saturated rings. The molecule has 2 aliphatic heterocycles. The second kappa shape index (κ2) is 12.9. The predicted molar refractivity (Wildman–Crippen MR) is 181 cm³/mol. The third-order valence-electron chi connectivity index (χ3n) is 9.42. The maximum atomic E-state index is 15.1. The van der Waals surface area contributed by atoms with E-state index in [1.165, 1.54) is 17.8 Å². The number of nitriles is 1. The number of halogens is 2. The Hall–Kier alpha value is -4.78. The molecule has 6 heterocycles. The third kappa shape index (κ3) is 6.16. The highest BCUT2D eigenvalue weighted by atomic mass is 32.2. The van der Waals surface area contributed by atoms with Crippen LogP contribution < -0.4 is 16.0 Å². The van der Waals surface area contributed by atoms with Gasteiger partial charge in [0.1, 0.15) is 39.8 Å². The highest BCUT2D eigenvalue weighted by molar-refractivity contribution is 7.99. The molecular formula is C34H35F2N11OS. The Morgan fingerprint density at radius 1 is 1.06 bits per heavy atom. The van der Waals surface area contributed by atoms with Crippen LogP contribution in [0.1, 0.15) is 51.2 Å². The number of anilines is 3. The van der Waals surface area contributed by atoms with Gasteiger partial charge in [0.25, 0.3) is 0 Å². The van der Waals surface area contributed by atoms with Crippen molar-refractivity contribution in [2.24, 2.45) is 11.1 Å². The zero-order chi connectivity index (χ0) is 34.4. The normalized spacial score (nSPS) is 18.8. The number of benzene rings is 1. The molecule has 0 unspecified atom stereocenters. The molecule has 1 spiro atoms. The zero-order valence-corrected chi connectivity index (χ0v) is 28.3. The van der Waals surface area contributed by atoms with E-state index in [1.54, 1.807) is 37.5 Å². The van der Waals surface area contributed by atoms with E-state index in [1.807, 2.05) is 25.3 Å². The van der Waals surface area contributed by atoms with Crippen molar-refractivity contribution >= 4 is 40.4 Å². The van der Waals surface area contributed by atoms with Gasteiger partial charge in [-0.2, -0.15) is 5.26 Å². The Kier molecular flexibility index (Phi) is 8.64. The minimum atomic E-state index is -0.715. The van der Waals surface area contributed by atoms with Crippen LogP contribution in [-0.2, 0) is 4.74 Å². The summed E-state index contributed by atoms with van der Waals surface area (Å²) in [7, 11) is 0. The summed E-state index contributed by atoms with van der Waals surface area (Å²) in [6.07, 6.45) is 6.40. The SMILES string of the molecule is Cc1nc2c(F)cc(-c3nc(Nc4ccc(Sc5cnc(N6CCC7(CC6)CO[C@@H](C)[C@H]7N)cn5)c(C#N)n4)ncc3F)cc2n1C(C)C. The Labute approximate surface area is 286 Å². The lowest BCUT2D eigenvalue weighted by molar-refractivity contribution is 0.0974. The molecule has 49 heavy (non-hydrogen) atoms. The topological polar surface area (TPSA) is 157 Å². The highest BCUT2D eigenvalue weighted by Gasteiger charge is 2.47. The number of aryl methyl sites for hydroxylation is 1. The molecule has 15 heteroatoms. The van der Waals surface area contributed by atoms with Gasteiger partial charge in [-0.15, -0.1) is 0 Å². The van der Waals surface area contributed by atoms with E-state index in [0.717, 1.165) is 37.9 Å². The molecule has 7 rings (SSSR count). The summed E-state index contributed by atoms with van der Waals surface area (Å²) in [5.41, 5.74) is 7.55. The summed E-state index contributed by atoms with van der Waals surface area (Å²) in [6, 6.07) is 8.46. The summed E-state index contributed by atoms with van der Waals surface area (Å²) in [6.45, 7) is 10.1. The maximum absolute atomic E-state index is 15.1. The first kappa shape index (κ1) is 32.8. The summed E-state index contributed by atoms with van der Waals surface area (Å²) >= 11 is 1.27. The van der Waals surface area contributed by atoms with Crippen molar-refractivity contribution in [3.8, 4) is 17.3 Å². The van der Waals surface area contributed by atoms with E-state index in [2.05, 4.69) is 46.2 Å². The van der Waals surface area contributed by atoms with Crippen LogP contribution in [-0.4, -0.2) is 66.3 Å². The molecule has 0 bridgehead atoms. The van der Waals surface area contributed by atoms with E-state index in [9.17, 15) is 5.26 Å². The molecular weight excluding hydrogens is 649 g/mol. The van der Waals surface area contributed by atoms with E-state index in [4.69, 9.17) is 10.5 Å². The summed E-state index contributed by atoms with van der Waals surface area (Å²) < 4.78 is 37.8. The minimum absolute atomic E-state index is 0.0182. The van der Waals surface area contributed by atoms with Gasteiger partial charge >= 0.3 is 0 Å². The van der Waals surface area contributed by atoms with Crippen molar-refractivity contribution in [3.63, 3.8) is 0 Å². The second-order valence-electron chi connectivity index (χ2n) is 12.8. The number of hydrogen-bond donors (Lipinski definition) is 2. The molecule has 5 aromatic rings. The Bertz CT molecular complexity index is 2070. The number of imidazole rings is 1. The molecule has 2 atom stereocenters. The fourth-order valence-electron chi connectivity index (χ4n) is 6.77. The van der Waals surface area contributed by atoms with Crippen molar-refractivity contribution < 1.29 is 13.5 Å². The van der Waals surface area contributed by atoms with Gasteiger partial charge in [-0.05, 0) is 64.8 Å². The Balaban J connectivity index is 1.05.